The van der Waals surface area contributed by atoms with E-state index < -0.39 is 5.54 Å². The number of carbonyl (C=O) groups excluding carboxylic acids is 1. The van der Waals surface area contributed by atoms with Gasteiger partial charge in [-0.25, -0.2) is 0 Å². The number of nitrogens with two attached hydrogens (primary N) is 1. The van der Waals surface area contributed by atoms with Gasteiger partial charge in [-0.05, 0) is 20.8 Å². The van der Waals surface area contributed by atoms with Crippen LogP contribution < -0.4 is 5.73 Å². The quantitative estimate of drug-likeness (QED) is 0.748. The Kier molecular flexibility index (Phi) is 5.56. The maximum absolute atomic E-state index is 11.5. The zero-order valence-electron chi connectivity index (χ0n) is 9.49. The van der Waals surface area contributed by atoms with Gasteiger partial charge in [0.25, 0.3) is 0 Å². The van der Waals surface area contributed by atoms with Crippen molar-refractivity contribution in [3.63, 3.8) is 0 Å². The van der Waals surface area contributed by atoms with Crippen LogP contribution in [-0.4, -0.2) is 30.3 Å². The number of esters is 1. The van der Waals surface area contributed by atoms with Crippen molar-refractivity contribution in [2.45, 2.75) is 51.4 Å². The van der Waals surface area contributed by atoms with Gasteiger partial charge in [0.1, 0.15) is 5.54 Å². The monoisotopic (exact) mass is 237 g/mol. The summed E-state index contributed by atoms with van der Waals surface area (Å²) in [5, 5.41) is 0. The minimum atomic E-state index is -0.801. The predicted molar refractivity (Wildman–Crippen MR) is 60.0 cm³/mol. The number of hydrogen-bond acceptors (Lipinski definition) is 4. The molecule has 2 N–H and O–H groups in total. The zero-order valence-corrected chi connectivity index (χ0v) is 10.3. The first-order valence-corrected chi connectivity index (χ1v) is 5.09. The lowest BCUT2D eigenvalue weighted by molar-refractivity contribution is -0.164. The smallest absolute Gasteiger partial charge is 0.326 e. The van der Waals surface area contributed by atoms with Crippen molar-refractivity contribution < 1.29 is 14.3 Å². The number of carbonyl (C=O) groups is 1. The molecule has 0 bridgehead atoms. The van der Waals surface area contributed by atoms with E-state index in [1.807, 2.05) is 20.8 Å². The third kappa shape index (κ3) is 3.63. The molecule has 1 rings (SSSR count). The molecule has 1 saturated carbocycles. The van der Waals surface area contributed by atoms with Crippen LogP contribution >= 0.6 is 12.4 Å². The molecule has 0 atom stereocenters. The number of ether oxygens (including phenoxy) is 2. The average Bonchev–Trinajstić information content (AvgIpc) is 2.00. The van der Waals surface area contributed by atoms with Gasteiger partial charge in [-0.3, -0.25) is 4.79 Å². The van der Waals surface area contributed by atoms with E-state index in [1.165, 1.54) is 0 Å². The topological polar surface area (TPSA) is 61.5 Å². The molecule has 0 aromatic rings. The summed E-state index contributed by atoms with van der Waals surface area (Å²) in [6.07, 6.45) is 1.18. The summed E-state index contributed by atoms with van der Waals surface area (Å²) in [5.41, 5.74) is 5.06. The third-order valence-electron chi connectivity index (χ3n) is 2.34. The van der Waals surface area contributed by atoms with Gasteiger partial charge in [-0.2, -0.15) is 0 Å². The van der Waals surface area contributed by atoms with Crippen LogP contribution in [-0.2, 0) is 14.3 Å². The van der Waals surface area contributed by atoms with Crippen molar-refractivity contribution in [1.29, 1.82) is 0 Å². The molecule has 15 heavy (non-hydrogen) atoms. The van der Waals surface area contributed by atoms with Crippen LogP contribution in [0.3, 0.4) is 0 Å². The van der Waals surface area contributed by atoms with E-state index in [2.05, 4.69) is 0 Å². The molecule has 0 heterocycles. The van der Waals surface area contributed by atoms with Crippen LogP contribution in [0.4, 0.5) is 0 Å². The molecular weight excluding hydrogens is 218 g/mol. The fourth-order valence-corrected chi connectivity index (χ4v) is 1.60. The first-order chi connectivity index (χ1) is 6.48. The highest BCUT2D eigenvalue weighted by atomic mass is 35.5. The lowest BCUT2D eigenvalue weighted by Gasteiger charge is -2.42. The van der Waals surface area contributed by atoms with Gasteiger partial charge >= 0.3 is 5.97 Å². The summed E-state index contributed by atoms with van der Waals surface area (Å²) in [6, 6.07) is 0. The fraction of sp³-hybridized carbons (Fsp3) is 0.900. The Bertz CT molecular complexity index is 215. The van der Waals surface area contributed by atoms with Crippen LogP contribution in [0, 0.1) is 0 Å². The van der Waals surface area contributed by atoms with E-state index in [4.69, 9.17) is 15.2 Å². The second kappa shape index (κ2) is 5.68. The maximum atomic E-state index is 11.5. The van der Waals surface area contributed by atoms with E-state index >= 15 is 0 Å². The number of hydrogen-bond donors (Lipinski definition) is 1. The second-order valence-corrected chi connectivity index (χ2v) is 4.10. The molecule has 1 fully saturated rings. The van der Waals surface area contributed by atoms with Crippen LogP contribution in [0.1, 0.15) is 33.6 Å². The summed E-state index contributed by atoms with van der Waals surface area (Å²) in [5.74, 6) is -0.302. The van der Waals surface area contributed by atoms with Crippen molar-refractivity contribution in [3.8, 4) is 0 Å². The van der Waals surface area contributed by atoms with Gasteiger partial charge in [0.05, 0.1) is 12.2 Å². The first kappa shape index (κ1) is 14.7. The Morgan fingerprint density at radius 1 is 1.53 bits per heavy atom. The van der Waals surface area contributed by atoms with Gasteiger partial charge in [0.15, 0.2) is 0 Å². The molecule has 0 saturated heterocycles. The lowest BCUT2D eigenvalue weighted by Crippen LogP contribution is -2.61. The van der Waals surface area contributed by atoms with Crippen LogP contribution in [0.2, 0.25) is 0 Å². The molecular formula is C10H20ClNO3. The molecule has 0 aliphatic heterocycles. The summed E-state index contributed by atoms with van der Waals surface area (Å²) in [6.45, 7) is 6.24. The molecule has 90 valence electrons. The molecule has 0 aromatic carbocycles. The van der Waals surface area contributed by atoms with Crippen molar-refractivity contribution >= 4 is 18.4 Å². The Balaban J connectivity index is 0.00000196. The van der Waals surface area contributed by atoms with Crippen molar-refractivity contribution in [1.82, 2.24) is 0 Å². The van der Waals surface area contributed by atoms with Gasteiger partial charge in [0.2, 0.25) is 0 Å². The largest absolute Gasteiger partial charge is 0.462 e. The van der Waals surface area contributed by atoms with E-state index in [-0.39, 0.29) is 30.6 Å². The molecule has 0 radical (unpaired) electrons. The van der Waals surface area contributed by atoms with Crippen LogP contribution in [0.5, 0.6) is 0 Å². The molecule has 0 aromatic heterocycles. The second-order valence-electron chi connectivity index (χ2n) is 4.10. The normalized spacial score (nSPS) is 29.3. The van der Waals surface area contributed by atoms with Crippen molar-refractivity contribution in [2.75, 3.05) is 6.61 Å². The molecule has 0 unspecified atom stereocenters. The van der Waals surface area contributed by atoms with E-state index in [1.54, 1.807) is 0 Å². The fourth-order valence-electron chi connectivity index (χ4n) is 1.60. The number of rotatable bonds is 4. The minimum absolute atomic E-state index is 0. The molecule has 5 heteroatoms. The van der Waals surface area contributed by atoms with Gasteiger partial charge < -0.3 is 15.2 Å². The van der Waals surface area contributed by atoms with E-state index in [0.717, 1.165) is 0 Å². The highest BCUT2D eigenvalue weighted by Gasteiger charge is 2.49. The Morgan fingerprint density at radius 2 is 2.07 bits per heavy atom. The maximum Gasteiger partial charge on any atom is 0.326 e. The Hall–Kier alpha value is -0.320. The summed E-state index contributed by atoms with van der Waals surface area (Å²) >= 11 is 0. The Labute approximate surface area is 96.9 Å². The summed E-state index contributed by atoms with van der Waals surface area (Å²) in [4.78, 5) is 11.5. The molecule has 1 aliphatic carbocycles. The van der Waals surface area contributed by atoms with E-state index in [9.17, 15) is 4.79 Å². The lowest BCUT2D eigenvalue weighted by atomic mass is 9.75. The molecule has 0 spiro atoms. The Morgan fingerprint density at radius 3 is 2.47 bits per heavy atom. The first-order valence-electron chi connectivity index (χ1n) is 5.09. The van der Waals surface area contributed by atoms with Gasteiger partial charge in [0, 0.05) is 19.4 Å². The third-order valence-corrected chi connectivity index (χ3v) is 2.34. The molecule has 1 aliphatic rings. The molecule has 4 nitrogen and oxygen atoms in total. The van der Waals surface area contributed by atoms with Crippen molar-refractivity contribution in [2.24, 2.45) is 5.73 Å². The standard InChI is InChI=1S/C10H19NO3.ClH/c1-4-13-8-5-10(11,6-8)9(12)14-7(2)3;/h7-8H,4-6,11H2,1-3H3;1H. The van der Waals surface area contributed by atoms with E-state index in [0.29, 0.717) is 19.4 Å². The SMILES string of the molecule is CCOC1CC(N)(C(=O)OC(C)C)C1.Cl. The number of halogens is 1. The minimum Gasteiger partial charge on any atom is -0.462 e. The summed E-state index contributed by atoms with van der Waals surface area (Å²) in [7, 11) is 0. The predicted octanol–water partition coefficient (Wildman–Crippen LogP) is 1.26. The van der Waals surface area contributed by atoms with Crippen molar-refractivity contribution in [3.05, 3.63) is 0 Å². The highest BCUT2D eigenvalue weighted by Crippen LogP contribution is 2.33. The highest BCUT2D eigenvalue weighted by molar-refractivity contribution is 5.85. The van der Waals surface area contributed by atoms with Crippen LogP contribution in [0.15, 0.2) is 0 Å². The van der Waals surface area contributed by atoms with Gasteiger partial charge in [-0.15, -0.1) is 12.4 Å². The van der Waals surface area contributed by atoms with Crippen LogP contribution in [0.25, 0.3) is 0 Å². The average molecular weight is 238 g/mol. The zero-order chi connectivity index (χ0) is 10.8. The summed E-state index contributed by atoms with van der Waals surface area (Å²) < 4.78 is 10.4. The van der Waals surface area contributed by atoms with Gasteiger partial charge in [-0.1, -0.05) is 0 Å². The molecule has 0 amide bonds.